The molecule has 1 aromatic heterocycles. The van der Waals surface area contributed by atoms with Crippen LogP contribution >= 0.6 is 23.2 Å². The Kier molecular flexibility index (Phi) is 5.39. The van der Waals surface area contributed by atoms with Crippen LogP contribution in [-0.2, 0) is 17.6 Å². The number of carbonyl (C=O) groups excluding carboxylic acids is 1. The molecule has 0 atom stereocenters. The molecule has 2 aromatic rings. The van der Waals surface area contributed by atoms with Crippen molar-refractivity contribution < 1.29 is 4.79 Å². The maximum atomic E-state index is 11.8. The molecule has 0 aliphatic carbocycles. The summed E-state index contributed by atoms with van der Waals surface area (Å²) in [7, 11) is 0. The summed E-state index contributed by atoms with van der Waals surface area (Å²) in [5.74, 6) is -0.0423. The smallest absolute Gasteiger partial charge is 0.224 e. The minimum absolute atomic E-state index is 0.0423. The molecular formula is C15H14Cl2N2O. The van der Waals surface area contributed by atoms with Crippen molar-refractivity contribution in [3.63, 3.8) is 0 Å². The van der Waals surface area contributed by atoms with Gasteiger partial charge in [0.2, 0.25) is 5.91 Å². The van der Waals surface area contributed by atoms with E-state index in [0.29, 0.717) is 29.4 Å². The third-order valence-electron chi connectivity index (χ3n) is 2.78. The second kappa shape index (κ2) is 7.27. The highest BCUT2D eigenvalue weighted by Crippen LogP contribution is 2.22. The zero-order valence-electron chi connectivity index (χ0n) is 10.8. The van der Waals surface area contributed by atoms with Crippen molar-refractivity contribution >= 4 is 29.1 Å². The summed E-state index contributed by atoms with van der Waals surface area (Å²) >= 11 is 11.7. The van der Waals surface area contributed by atoms with E-state index in [-0.39, 0.29) is 5.91 Å². The molecule has 104 valence electrons. The summed E-state index contributed by atoms with van der Waals surface area (Å²) in [6.45, 7) is 0.567. The maximum Gasteiger partial charge on any atom is 0.224 e. The second-order valence-corrected chi connectivity index (χ2v) is 5.16. The quantitative estimate of drug-likeness (QED) is 0.921. The van der Waals surface area contributed by atoms with Crippen molar-refractivity contribution in [2.75, 3.05) is 6.54 Å². The predicted octanol–water partition coefficient (Wildman–Crippen LogP) is 3.29. The number of hydrogen-bond acceptors (Lipinski definition) is 2. The van der Waals surface area contributed by atoms with Crippen LogP contribution in [0.25, 0.3) is 0 Å². The van der Waals surface area contributed by atoms with Crippen LogP contribution in [0.3, 0.4) is 0 Å². The van der Waals surface area contributed by atoms with Crippen molar-refractivity contribution in [3.05, 3.63) is 63.9 Å². The molecule has 1 aromatic carbocycles. The molecule has 0 bridgehead atoms. The minimum atomic E-state index is -0.0423. The van der Waals surface area contributed by atoms with Gasteiger partial charge in [-0.3, -0.25) is 9.78 Å². The molecule has 3 nitrogen and oxygen atoms in total. The molecule has 1 heterocycles. The Morgan fingerprint density at radius 2 is 2.00 bits per heavy atom. The third-order valence-corrected chi connectivity index (χ3v) is 3.52. The number of carbonyl (C=O) groups is 1. The van der Waals surface area contributed by atoms with E-state index in [9.17, 15) is 4.79 Å². The fourth-order valence-electron chi connectivity index (χ4n) is 1.77. The van der Waals surface area contributed by atoms with Gasteiger partial charge in [0.05, 0.1) is 16.5 Å². The summed E-state index contributed by atoms with van der Waals surface area (Å²) < 4.78 is 0. The number of pyridine rings is 1. The van der Waals surface area contributed by atoms with Gasteiger partial charge in [-0.15, -0.1) is 0 Å². The number of nitrogens with one attached hydrogen (secondary N) is 1. The molecule has 0 aliphatic rings. The van der Waals surface area contributed by atoms with E-state index in [0.717, 1.165) is 11.3 Å². The summed E-state index contributed by atoms with van der Waals surface area (Å²) in [6, 6.07) is 10.9. The first-order chi connectivity index (χ1) is 9.65. The molecule has 2 rings (SSSR count). The van der Waals surface area contributed by atoms with Crippen molar-refractivity contribution in [2.45, 2.75) is 12.8 Å². The normalized spacial score (nSPS) is 10.3. The number of halogens is 2. The summed E-state index contributed by atoms with van der Waals surface area (Å²) in [6.07, 6.45) is 2.75. The van der Waals surface area contributed by atoms with Gasteiger partial charge < -0.3 is 5.32 Å². The first-order valence-electron chi connectivity index (χ1n) is 6.25. The van der Waals surface area contributed by atoms with E-state index in [1.807, 2.05) is 18.2 Å². The fraction of sp³-hybridized carbons (Fsp3) is 0.200. The van der Waals surface area contributed by atoms with E-state index in [4.69, 9.17) is 23.2 Å². The average molecular weight is 309 g/mol. The summed E-state index contributed by atoms with van der Waals surface area (Å²) in [5.41, 5.74) is 1.80. The molecule has 0 unspecified atom stereocenters. The summed E-state index contributed by atoms with van der Waals surface area (Å²) in [5, 5.41) is 3.81. The Balaban J connectivity index is 1.79. The van der Waals surface area contributed by atoms with E-state index in [1.54, 1.807) is 24.4 Å². The van der Waals surface area contributed by atoms with Crippen LogP contribution in [0.5, 0.6) is 0 Å². The molecule has 0 fully saturated rings. The molecule has 1 N–H and O–H groups in total. The van der Waals surface area contributed by atoms with Crippen LogP contribution < -0.4 is 5.32 Å². The van der Waals surface area contributed by atoms with Crippen LogP contribution in [0.2, 0.25) is 10.0 Å². The van der Waals surface area contributed by atoms with E-state index >= 15 is 0 Å². The van der Waals surface area contributed by atoms with Crippen molar-refractivity contribution in [2.24, 2.45) is 0 Å². The Bertz CT molecular complexity index is 588. The molecule has 0 aliphatic heterocycles. The largest absolute Gasteiger partial charge is 0.355 e. The Hall–Kier alpha value is -1.58. The molecule has 1 amide bonds. The van der Waals surface area contributed by atoms with Gasteiger partial charge in [-0.2, -0.15) is 0 Å². The van der Waals surface area contributed by atoms with Gasteiger partial charge >= 0.3 is 0 Å². The highest BCUT2D eigenvalue weighted by atomic mass is 35.5. The van der Waals surface area contributed by atoms with Crippen LogP contribution in [0, 0.1) is 0 Å². The average Bonchev–Trinajstić information content (AvgIpc) is 2.44. The first-order valence-corrected chi connectivity index (χ1v) is 7.01. The monoisotopic (exact) mass is 308 g/mol. The van der Waals surface area contributed by atoms with Gasteiger partial charge in [0, 0.05) is 24.9 Å². The van der Waals surface area contributed by atoms with Gasteiger partial charge in [0.25, 0.3) is 0 Å². The molecular weight excluding hydrogens is 295 g/mol. The highest BCUT2D eigenvalue weighted by Gasteiger charge is 2.05. The predicted molar refractivity (Wildman–Crippen MR) is 81.1 cm³/mol. The first kappa shape index (κ1) is 14.8. The van der Waals surface area contributed by atoms with Gasteiger partial charge in [-0.05, 0) is 29.8 Å². The summed E-state index contributed by atoms with van der Waals surface area (Å²) in [4.78, 5) is 16.0. The molecule has 5 heteroatoms. The van der Waals surface area contributed by atoms with Gasteiger partial charge in [0.15, 0.2) is 0 Å². The number of nitrogens with zero attached hydrogens (tertiary/aromatic N) is 1. The molecule has 0 saturated heterocycles. The van der Waals surface area contributed by atoms with Crippen molar-refractivity contribution in [3.8, 4) is 0 Å². The van der Waals surface area contributed by atoms with Crippen LogP contribution in [0.15, 0.2) is 42.6 Å². The fourth-order valence-corrected chi connectivity index (χ4v) is 2.09. The van der Waals surface area contributed by atoms with E-state index < -0.39 is 0 Å². The number of amides is 1. The highest BCUT2D eigenvalue weighted by molar-refractivity contribution is 6.42. The minimum Gasteiger partial charge on any atom is -0.355 e. The molecule has 0 radical (unpaired) electrons. The SMILES string of the molecule is O=C(Cc1ccc(Cl)c(Cl)c1)NCCc1ccccn1. The third kappa shape index (κ3) is 4.51. The number of hydrogen-bond donors (Lipinski definition) is 1. The zero-order chi connectivity index (χ0) is 14.4. The maximum absolute atomic E-state index is 11.8. The van der Waals surface area contributed by atoms with Gasteiger partial charge in [-0.25, -0.2) is 0 Å². The lowest BCUT2D eigenvalue weighted by Crippen LogP contribution is -2.27. The van der Waals surface area contributed by atoms with Crippen molar-refractivity contribution in [1.82, 2.24) is 10.3 Å². The van der Waals surface area contributed by atoms with Crippen LogP contribution in [0.4, 0.5) is 0 Å². The van der Waals surface area contributed by atoms with E-state index in [1.165, 1.54) is 0 Å². The lowest BCUT2D eigenvalue weighted by Gasteiger charge is -2.06. The number of benzene rings is 1. The standard InChI is InChI=1S/C15H14Cl2N2O/c16-13-5-4-11(9-14(13)17)10-15(20)19-8-6-12-3-1-2-7-18-12/h1-5,7,9H,6,8,10H2,(H,19,20). The lowest BCUT2D eigenvalue weighted by atomic mass is 10.1. The Labute approximate surface area is 127 Å². The molecule has 0 saturated carbocycles. The van der Waals surface area contributed by atoms with Crippen LogP contribution in [0.1, 0.15) is 11.3 Å². The van der Waals surface area contributed by atoms with E-state index in [2.05, 4.69) is 10.3 Å². The lowest BCUT2D eigenvalue weighted by molar-refractivity contribution is -0.120. The Morgan fingerprint density at radius 3 is 2.70 bits per heavy atom. The van der Waals surface area contributed by atoms with Gasteiger partial charge in [0.1, 0.15) is 0 Å². The molecule has 0 spiro atoms. The zero-order valence-corrected chi connectivity index (χ0v) is 12.3. The number of aromatic nitrogens is 1. The van der Waals surface area contributed by atoms with Crippen LogP contribution in [-0.4, -0.2) is 17.4 Å². The topological polar surface area (TPSA) is 42.0 Å². The Morgan fingerprint density at radius 1 is 1.15 bits per heavy atom. The number of rotatable bonds is 5. The second-order valence-electron chi connectivity index (χ2n) is 4.35. The van der Waals surface area contributed by atoms with Gasteiger partial charge in [-0.1, -0.05) is 35.3 Å². The molecule has 20 heavy (non-hydrogen) atoms. The van der Waals surface area contributed by atoms with Crippen molar-refractivity contribution in [1.29, 1.82) is 0 Å².